The number of carbonyl (C=O) groups is 1. The molecule has 0 aliphatic rings. The second kappa shape index (κ2) is 11.5. The second-order valence-corrected chi connectivity index (χ2v) is 3.95. The Bertz CT molecular complexity index is 143. The van der Waals surface area contributed by atoms with E-state index in [0.29, 0.717) is 13.0 Å². The molecule has 2 heteroatoms. The summed E-state index contributed by atoms with van der Waals surface area (Å²) in [5.41, 5.74) is 0. The average Bonchev–Trinajstić information content (AvgIpc) is 2.22. The predicted molar refractivity (Wildman–Crippen MR) is 63.5 cm³/mol. The maximum absolute atomic E-state index is 11.0. The van der Waals surface area contributed by atoms with E-state index in [1.54, 1.807) is 0 Å². The number of carbonyl (C=O) groups excluding carboxylic acids is 1. The van der Waals surface area contributed by atoms with Crippen LogP contribution in [0.15, 0.2) is 0 Å². The summed E-state index contributed by atoms with van der Waals surface area (Å²) in [6, 6.07) is 0. The fourth-order valence-electron chi connectivity index (χ4n) is 1.45. The lowest BCUT2D eigenvalue weighted by molar-refractivity contribution is -0.143. The van der Waals surface area contributed by atoms with Crippen LogP contribution in [0.1, 0.15) is 64.7 Å². The highest BCUT2D eigenvalue weighted by atomic mass is 16.5. The van der Waals surface area contributed by atoms with E-state index >= 15 is 0 Å². The van der Waals surface area contributed by atoms with Crippen molar-refractivity contribution < 1.29 is 9.53 Å². The van der Waals surface area contributed by atoms with Gasteiger partial charge >= 0.3 is 5.97 Å². The van der Waals surface area contributed by atoms with E-state index in [4.69, 9.17) is 4.74 Å². The zero-order valence-electron chi connectivity index (χ0n) is 10.1. The molecule has 0 N–H and O–H groups in total. The quantitative estimate of drug-likeness (QED) is 0.406. The summed E-state index contributed by atoms with van der Waals surface area (Å²) < 4.78 is 5.06. The third kappa shape index (κ3) is 11.4. The van der Waals surface area contributed by atoms with Crippen LogP contribution in [0.3, 0.4) is 0 Å². The average molecular weight is 213 g/mol. The molecule has 0 unspecified atom stereocenters. The zero-order valence-corrected chi connectivity index (χ0v) is 10.1. The van der Waals surface area contributed by atoms with E-state index in [9.17, 15) is 4.79 Å². The molecule has 0 aliphatic heterocycles. The maximum Gasteiger partial charge on any atom is 0.305 e. The lowest BCUT2D eigenvalue weighted by Crippen LogP contribution is -2.04. The highest BCUT2D eigenvalue weighted by Gasteiger charge is 1.99. The molecule has 0 aliphatic carbocycles. The van der Waals surface area contributed by atoms with Gasteiger partial charge < -0.3 is 4.74 Å². The van der Waals surface area contributed by atoms with Crippen LogP contribution in [0.25, 0.3) is 0 Å². The SMILES string of the molecule is [CH2]CCCCCCCCOC(=O)CCC. The molecular formula is C13H25O2. The summed E-state index contributed by atoms with van der Waals surface area (Å²) in [6.45, 7) is 6.41. The molecule has 0 saturated heterocycles. The van der Waals surface area contributed by atoms with Gasteiger partial charge in [-0.3, -0.25) is 4.79 Å². The van der Waals surface area contributed by atoms with Crippen LogP contribution in [0.2, 0.25) is 0 Å². The fraction of sp³-hybridized carbons (Fsp3) is 0.846. The molecule has 0 aromatic carbocycles. The van der Waals surface area contributed by atoms with Crippen molar-refractivity contribution in [3.8, 4) is 0 Å². The molecule has 0 bridgehead atoms. The fourth-order valence-corrected chi connectivity index (χ4v) is 1.45. The number of unbranched alkanes of at least 4 members (excludes halogenated alkanes) is 6. The van der Waals surface area contributed by atoms with Gasteiger partial charge in [0, 0.05) is 6.42 Å². The molecule has 0 rings (SSSR count). The molecule has 1 radical (unpaired) electrons. The Morgan fingerprint density at radius 2 is 1.67 bits per heavy atom. The van der Waals surface area contributed by atoms with E-state index < -0.39 is 0 Å². The van der Waals surface area contributed by atoms with Gasteiger partial charge in [0.25, 0.3) is 0 Å². The Morgan fingerprint density at radius 1 is 1.07 bits per heavy atom. The summed E-state index contributed by atoms with van der Waals surface area (Å²) in [5.74, 6) is -0.0467. The number of esters is 1. The van der Waals surface area contributed by atoms with Gasteiger partial charge in [-0.15, -0.1) is 0 Å². The summed E-state index contributed by atoms with van der Waals surface area (Å²) in [6.07, 6.45) is 9.76. The lowest BCUT2D eigenvalue weighted by atomic mass is 10.1. The molecule has 0 amide bonds. The molecular weight excluding hydrogens is 188 g/mol. The van der Waals surface area contributed by atoms with Crippen LogP contribution in [0, 0.1) is 6.92 Å². The van der Waals surface area contributed by atoms with Crippen molar-refractivity contribution in [2.45, 2.75) is 64.7 Å². The number of rotatable bonds is 10. The molecule has 0 fully saturated rings. The van der Waals surface area contributed by atoms with Crippen molar-refractivity contribution in [2.24, 2.45) is 0 Å². The summed E-state index contributed by atoms with van der Waals surface area (Å²) in [4.78, 5) is 11.0. The minimum Gasteiger partial charge on any atom is -0.466 e. The third-order valence-electron chi connectivity index (χ3n) is 2.36. The first kappa shape index (κ1) is 14.5. The van der Waals surface area contributed by atoms with Gasteiger partial charge in [0.15, 0.2) is 0 Å². The van der Waals surface area contributed by atoms with Crippen LogP contribution >= 0.6 is 0 Å². The van der Waals surface area contributed by atoms with Gasteiger partial charge in [-0.1, -0.05) is 52.4 Å². The van der Waals surface area contributed by atoms with Gasteiger partial charge in [0.2, 0.25) is 0 Å². The van der Waals surface area contributed by atoms with Crippen molar-refractivity contribution in [3.63, 3.8) is 0 Å². The summed E-state index contributed by atoms with van der Waals surface area (Å²) in [7, 11) is 0. The Hall–Kier alpha value is -0.530. The van der Waals surface area contributed by atoms with E-state index in [1.165, 1.54) is 32.1 Å². The number of hydrogen-bond acceptors (Lipinski definition) is 2. The normalized spacial score (nSPS) is 10.3. The van der Waals surface area contributed by atoms with Crippen LogP contribution < -0.4 is 0 Å². The van der Waals surface area contributed by atoms with E-state index in [2.05, 4.69) is 6.92 Å². The first-order valence-electron chi connectivity index (χ1n) is 6.26. The highest BCUT2D eigenvalue weighted by Crippen LogP contribution is 2.06. The van der Waals surface area contributed by atoms with E-state index in [0.717, 1.165) is 19.3 Å². The van der Waals surface area contributed by atoms with Crippen LogP contribution in [-0.4, -0.2) is 12.6 Å². The predicted octanol–water partition coefficient (Wildman–Crippen LogP) is 3.89. The van der Waals surface area contributed by atoms with Crippen molar-refractivity contribution in [3.05, 3.63) is 6.92 Å². The standard InChI is InChI=1S/C13H25O2/c1-3-5-6-7-8-9-10-12-15-13(14)11-4-2/h1,3-12H2,2H3. The highest BCUT2D eigenvalue weighted by molar-refractivity contribution is 5.69. The van der Waals surface area contributed by atoms with Crippen LogP contribution in [-0.2, 0) is 9.53 Å². The summed E-state index contributed by atoms with van der Waals surface area (Å²) >= 11 is 0. The maximum atomic E-state index is 11.0. The zero-order chi connectivity index (χ0) is 11.4. The smallest absolute Gasteiger partial charge is 0.305 e. The minimum absolute atomic E-state index is 0.0467. The molecule has 2 nitrogen and oxygen atoms in total. The second-order valence-electron chi connectivity index (χ2n) is 3.95. The van der Waals surface area contributed by atoms with Crippen LogP contribution in [0.5, 0.6) is 0 Å². The minimum atomic E-state index is -0.0467. The van der Waals surface area contributed by atoms with Crippen molar-refractivity contribution in [1.82, 2.24) is 0 Å². The molecule has 0 aromatic heterocycles. The van der Waals surface area contributed by atoms with Crippen LogP contribution in [0.4, 0.5) is 0 Å². The molecule has 0 spiro atoms. The molecule has 0 atom stereocenters. The molecule has 15 heavy (non-hydrogen) atoms. The van der Waals surface area contributed by atoms with Crippen molar-refractivity contribution >= 4 is 5.97 Å². The Labute approximate surface area is 94.4 Å². The summed E-state index contributed by atoms with van der Waals surface area (Å²) in [5, 5.41) is 0. The lowest BCUT2D eigenvalue weighted by Gasteiger charge is -2.03. The molecule has 0 saturated carbocycles. The van der Waals surface area contributed by atoms with Gasteiger partial charge in [-0.25, -0.2) is 0 Å². The monoisotopic (exact) mass is 213 g/mol. The Balaban J connectivity index is 3.01. The third-order valence-corrected chi connectivity index (χ3v) is 2.36. The Morgan fingerprint density at radius 3 is 2.27 bits per heavy atom. The topological polar surface area (TPSA) is 26.3 Å². The number of ether oxygens (including phenoxy) is 1. The number of hydrogen-bond donors (Lipinski definition) is 0. The van der Waals surface area contributed by atoms with E-state index in [1.807, 2.05) is 6.92 Å². The van der Waals surface area contributed by atoms with Crippen molar-refractivity contribution in [1.29, 1.82) is 0 Å². The van der Waals surface area contributed by atoms with E-state index in [-0.39, 0.29) is 5.97 Å². The first-order chi connectivity index (χ1) is 7.31. The molecule has 0 aromatic rings. The largest absolute Gasteiger partial charge is 0.466 e. The molecule has 89 valence electrons. The van der Waals surface area contributed by atoms with Gasteiger partial charge in [-0.05, 0) is 12.8 Å². The first-order valence-corrected chi connectivity index (χ1v) is 6.26. The van der Waals surface area contributed by atoms with Gasteiger partial charge in [0.1, 0.15) is 0 Å². The van der Waals surface area contributed by atoms with Crippen molar-refractivity contribution in [2.75, 3.05) is 6.61 Å². The molecule has 0 heterocycles. The van der Waals surface area contributed by atoms with Gasteiger partial charge in [-0.2, -0.15) is 0 Å². The van der Waals surface area contributed by atoms with Gasteiger partial charge in [0.05, 0.1) is 6.61 Å². The Kier molecular flexibility index (Phi) is 11.1.